The Morgan fingerprint density at radius 3 is 2.42 bits per heavy atom. The lowest BCUT2D eigenvalue weighted by Crippen LogP contribution is -2.25. The smallest absolute Gasteiger partial charge is 0.253 e. The normalized spacial score (nSPS) is 10.3. The SMILES string of the molecule is CCN(Cc1ccccc1)c1ccc(C(=O)NCc2ccncc2)cn1. The molecule has 5 nitrogen and oxygen atoms in total. The minimum Gasteiger partial charge on any atom is -0.353 e. The van der Waals surface area contributed by atoms with Crippen molar-refractivity contribution >= 4 is 11.7 Å². The molecule has 0 aliphatic carbocycles. The van der Waals surface area contributed by atoms with Gasteiger partial charge in [-0.3, -0.25) is 9.78 Å². The monoisotopic (exact) mass is 346 g/mol. The summed E-state index contributed by atoms with van der Waals surface area (Å²) in [6.45, 7) is 4.20. The van der Waals surface area contributed by atoms with Crippen molar-refractivity contribution in [2.24, 2.45) is 0 Å². The van der Waals surface area contributed by atoms with Gasteiger partial charge in [-0.05, 0) is 42.3 Å². The first-order valence-corrected chi connectivity index (χ1v) is 8.68. The number of amides is 1. The Morgan fingerprint density at radius 2 is 1.77 bits per heavy atom. The van der Waals surface area contributed by atoms with Gasteiger partial charge in [-0.1, -0.05) is 30.3 Å². The van der Waals surface area contributed by atoms with E-state index in [9.17, 15) is 4.79 Å². The van der Waals surface area contributed by atoms with E-state index in [1.54, 1.807) is 18.6 Å². The molecule has 0 saturated heterocycles. The summed E-state index contributed by atoms with van der Waals surface area (Å²) in [6.07, 6.45) is 5.05. The molecule has 0 aliphatic rings. The third kappa shape index (κ3) is 4.66. The highest BCUT2D eigenvalue weighted by molar-refractivity contribution is 5.94. The number of nitrogens with zero attached hydrogens (tertiary/aromatic N) is 3. The molecule has 3 aromatic rings. The Hall–Kier alpha value is -3.21. The largest absolute Gasteiger partial charge is 0.353 e. The number of pyridine rings is 2. The van der Waals surface area contributed by atoms with Crippen molar-refractivity contribution in [1.29, 1.82) is 0 Å². The summed E-state index contributed by atoms with van der Waals surface area (Å²) < 4.78 is 0. The number of rotatable bonds is 7. The summed E-state index contributed by atoms with van der Waals surface area (Å²) in [5.41, 5.74) is 2.80. The van der Waals surface area contributed by atoms with Crippen LogP contribution in [0.1, 0.15) is 28.4 Å². The van der Waals surface area contributed by atoms with Crippen LogP contribution >= 0.6 is 0 Å². The quantitative estimate of drug-likeness (QED) is 0.712. The van der Waals surface area contributed by atoms with Crippen molar-refractivity contribution in [1.82, 2.24) is 15.3 Å². The molecule has 0 atom stereocenters. The zero-order chi connectivity index (χ0) is 18.2. The fourth-order valence-corrected chi connectivity index (χ4v) is 2.65. The molecule has 0 spiro atoms. The Balaban J connectivity index is 1.62. The van der Waals surface area contributed by atoms with Gasteiger partial charge in [-0.2, -0.15) is 0 Å². The Kier molecular flexibility index (Phi) is 5.93. The van der Waals surface area contributed by atoms with Gasteiger partial charge < -0.3 is 10.2 Å². The summed E-state index contributed by atoms with van der Waals surface area (Å²) in [7, 11) is 0. The van der Waals surface area contributed by atoms with E-state index < -0.39 is 0 Å². The Morgan fingerprint density at radius 1 is 1.00 bits per heavy atom. The predicted octanol–water partition coefficient (Wildman–Crippen LogP) is 3.43. The minimum atomic E-state index is -0.132. The third-order valence-electron chi connectivity index (χ3n) is 4.13. The van der Waals surface area contributed by atoms with Crippen LogP contribution in [-0.4, -0.2) is 22.4 Å². The number of nitrogens with one attached hydrogen (secondary N) is 1. The number of carbonyl (C=O) groups excluding carboxylic acids is 1. The van der Waals surface area contributed by atoms with Crippen molar-refractivity contribution < 1.29 is 4.79 Å². The molecule has 0 fully saturated rings. The first-order chi connectivity index (χ1) is 12.8. The molecular formula is C21H22N4O. The average Bonchev–Trinajstić information content (AvgIpc) is 2.72. The topological polar surface area (TPSA) is 58.1 Å². The van der Waals surface area contributed by atoms with Gasteiger partial charge in [0.25, 0.3) is 5.91 Å². The maximum absolute atomic E-state index is 12.3. The zero-order valence-corrected chi connectivity index (χ0v) is 14.8. The molecule has 1 aromatic carbocycles. The van der Waals surface area contributed by atoms with E-state index in [1.165, 1.54) is 5.56 Å². The van der Waals surface area contributed by atoms with Crippen LogP contribution in [-0.2, 0) is 13.1 Å². The van der Waals surface area contributed by atoms with Crippen molar-refractivity contribution in [3.63, 3.8) is 0 Å². The van der Waals surface area contributed by atoms with Crippen molar-refractivity contribution in [3.05, 3.63) is 89.9 Å². The lowest BCUT2D eigenvalue weighted by molar-refractivity contribution is 0.0950. The van der Waals surface area contributed by atoms with E-state index in [0.717, 1.165) is 24.5 Å². The van der Waals surface area contributed by atoms with Gasteiger partial charge in [-0.15, -0.1) is 0 Å². The molecule has 0 bridgehead atoms. The molecule has 2 aromatic heterocycles. The standard InChI is InChI=1S/C21H22N4O/c1-2-25(16-18-6-4-3-5-7-18)20-9-8-19(15-23-20)21(26)24-14-17-10-12-22-13-11-17/h3-13,15H,2,14,16H2,1H3,(H,24,26). The summed E-state index contributed by atoms with van der Waals surface area (Å²) in [5, 5.41) is 2.90. The molecule has 1 N–H and O–H groups in total. The number of carbonyl (C=O) groups is 1. The first-order valence-electron chi connectivity index (χ1n) is 8.68. The summed E-state index contributed by atoms with van der Waals surface area (Å²) in [4.78, 5) is 22.9. The number of benzene rings is 1. The van der Waals surface area contributed by atoms with Crippen molar-refractivity contribution in [2.45, 2.75) is 20.0 Å². The van der Waals surface area contributed by atoms with Gasteiger partial charge in [0.2, 0.25) is 0 Å². The first kappa shape index (κ1) is 17.6. The van der Waals surface area contributed by atoms with Gasteiger partial charge in [0, 0.05) is 38.2 Å². The summed E-state index contributed by atoms with van der Waals surface area (Å²) in [5.74, 6) is 0.731. The third-order valence-corrected chi connectivity index (χ3v) is 4.13. The maximum atomic E-state index is 12.3. The molecule has 0 radical (unpaired) electrons. The average molecular weight is 346 g/mol. The second kappa shape index (κ2) is 8.76. The molecule has 1 amide bonds. The molecule has 132 valence electrons. The molecule has 0 unspecified atom stereocenters. The van der Waals surface area contributed by atoms with Crippen molar-refractivity contribution in [3.8, 4) is 0 Å². The zero-order valence-electron chi connectivity index (χ0n) is 14.8. The highest BCUT2D eigenvalue weighted by Gasteiger charge is 2.10. The van der Waals surface area contributed by atoms with Gasteiger partial charge in [0.1, 0.15) is 5.82 Å². The van der Waals surface area contributed by atoms with Crippen LogP contribution in [0.2, 0.25) is 0 Å². The molecule has 0 aliphatic heterocycles. The van der Waals surface area contributed by atoms with Gasteiger partial charge in [0.15, 0.2) is 0 Å². The van der Waals surface area contributed by atoms with Crippen LogP contribution in [0.25, 0.3) is 0 Å². The number of aromatic nitrogens is 2. The molecule has 3 rings (SSSR count). The summed E-state index contributed by atoms with van der Waals surface area (Å²) >= 11 is 0. The van der Waals surface area contributed by atoms with Crippen LogP contribution in [0.15, 0.2) is 73.2 Å². The molecule has 2 heterocycles. The van der Waals surface area contributed by atoms with Crippen LogP contribution in [0, 0.1) is 0 Å². The van der Waals surface area contributed by atoms with E-state index in [0.29, 0.717) is 12.1 Å². The van der Waals surface area contributed by atoms with Gasteiger partial charge >= 0.3 is 0 Å². The maximum Gasteiger partial charge on any atom is 0.253 e. The second-order valence-electron chi connectivity index (χ2n) is 5.94. The lowest BCUT2D eigenvalue weighted by atomic mass is 10.2. The van der Waals surface area contributed by atoms with Gasteiger partial charge in [-0.25, -0.2) is 4.98 Å². The van der Waals surface area contributed by atoms with Gasteiger partial charge in [0.05, 0.1) is 5.56 Å². The lowest BCUT2D eigenvalue weighted by Gasteiger charge is -2.22. The Bertz CT molecular complexity index is 820. The fourth-order valence-electron chi connectivity index (χ4n) is 2.65. The molecular weight excluding hydrogens is 324 g/mol. The number of hydrogen-bond donors (Lipinski definition) is 1. The summed E-state index contributed by atoms with van der Waals surface area (Å²) in [6, 6.07) is 17.8. The van der Waals surface area contributed by atoms with Crippen LogP contribution in [0.4, 0.5) is 5.82 Å². The van der Waals surface area contributed by atoms with E-state index in [2.05, 4.69) is 39.2 Å². The Labute approximate surface area is 153 Å². The number of hydrogen-bond acceptors (Lipinski definition) is 4. The van der Waals surface area contributed by atoms with E-state index in [4.69, 9.17) is 0 Å². The van der Waals surface area contributed by atoms with Crippen LogP contribution < -0.4 is 10.2 Å². The fraction of sp³-hybridized carbons (Fsp3) is 0.190. The molecule has 0 saturated carbocycles. The van der Waals surface area contributed by atoms with Crippen LogP contribution in [0.3, 0.4) is 0 Å². The molecule has 26 heavy (non-hydrogen) atoms. The molecule has 5 heteroatoms. The highest BCUT2D eigenvalue weighted by atomic mass is 16.1. The number of anilines is 1. The van der Waals surface area contributed by atoms with E-state index >= 15 is 0 Å². The van der Waals surface area contributed by atoms with E-state index in [1.807, 2.05) is 42.5 Å². The van der Waals surface area contributed by atoms with Crippen LogP contribution in [0.5, 0.6) is 0 Å². The highest BCUT2D eigenvalue weighted by Crippen LogP contribution is 2.15. The van der Waals surface area contributed by atoms with Crippen molar-refractivity contribution in [2.75, 3.05) is 11.4 Å². The van der Waals surface area contributed by atoms with E-state index in [-0.39, 0.29) is 5.91 Å². The minimum absolute atomic E-state index is 0.132. The second-order valence-corrected chi connectivity index (χ2v) is 5.94. The predicted molar refractivity (Wildman–Crippen MR) is 103 cm³/mol.